The van der Waals surface area contributed by atoms with Gasteiger partial charge in [-0.2, -0.15) is 0 Å². The molecule has 0 bridgehead atoms. The number of nitrogens with zero attached hydrogens (tertiary/aromatic N) is 1. The number of carbonyl (C=O) groups excluding carboxylic acids is 4. The van der Waals surface area contributed by atoms with Crippen LogP contribution in [0.2, 0.25) is 5.02 Å². The van der Waals surface area contributed by atoms with E-state index in [1.165, 1.54) is 6.08 Å². The highest BCUT2D eigenvalue weighted by molar-refractivity contribution is 6.31. The molecule has 2 aliphatic rings. The predicted octanol–water partition coefficient (Wildman–Crippen LogP) is 3.10. The van der Waals surface area contributed by atoms with Gasteiger partial charge in [-0.25, -0.2) is 4.79 Å². The minimum absolute atomic E-state index is 0.0818. The molecule has 4 N–H and O–H groups in total. The maximum atomic E-state index is 12.9. The second-order valence-electron chi connectivity index (χ2n) is 8.66. The Morgan fingerprint density at radius 1 is 1.11 bits per heavy atom. The number of amides is 5. The smallest absolute Gasteiger partial charge is 0.315 e. The molecule has 36 heavy (non-hydrogen) atoms. The number of urea groups is 1. The van der Waals surface area contributed by atoms with E-state index in [1.54, 1.807) is 24.3 Å². The molecule has 2 aromatic carbocycles. The molecule has 2 aromatic rings. The number of piperidine rings is 1. The first-order valence-electron chi connectivity index (χ1n) is 11.4. The summed E-state index contributed by atoms with van der Waals surface area (Å²) in [5.74, 6) is -1.52. The van der Waals surface area contributed by atoms with Crippen molar-refractivity contribution in [2.75, 3.05) is 5.32 Å². The van der Waals surface area contributed by atoms with Crippen LogP contribution in [0.15, 0.2) is 66.5 Å². The Kier molecular flexibility index (Phi) is 7.40. The van der Waals surface area contributed by atoms with Crippen molar-refractivity contribution in [3.8, 4) is 0 Å². The molecule has 0 radical (unpaired) electrons. The summed E-state index contributed by atoms with van der Waals surface area (Å²) in [7, 11) is 0. The predicted molar refractivity (Wildman–Crippen MR) is 136 cm³/mol. The fourth-order valence-corrected chi connectivity index (χ4v) is 4.15. The highest BCUT2D eigenvalue weighted by atomic mass is 35.5. The van der Waals surface area contributed by atoms with Gasteiger partial charge in [-0.3, -0.25) is 19.3 Å². The Morgan fingerprint density at radius 2 is 1.83 bits per heavy atom. The zero-order valence-electron chi connectivity index (χ0n) is 19.7. The summed E-state index contributed by atoms with van der Waals surface area (Å²) in [6, 6.07) is 11.5. The Labute approximate surface area is 213 Å². The molecule has 0 saturated carbocycles. The quantitative estimate of drug-likeness (QED) is 0.429. The van der Waals surface area contributed by atoms with Crippen LogP contribution in [0.5, 0.6) is 0 Å². The summed E-state index contributed by atoms with van der Waals surface area (Å²) in [4.78, 5) is 50.8. The molecular weight excluding hydrogens is 482 g/mol. The van der Waals surface area contributed by atoms with E-state index in [0.29, 0.717) is 35.8 Å². The van der Waals surface area contributed by atoms with Crippen LogP contribution in [0.1, 0.15) is 29.5 Å². The molecule has 9 nitrogen and oxygen atoms in total. The van der Waals surface area contributed by atoms with E-state index < -0.39 is 23.8 Å². The molecule has 1 unspecified atom stereocenters. The van der Waals surface area contributed by atoms with Crippen molar-refractivity contribution in [1.82, 2.24) is 20.9 Å². The first kappa shape index (κ1) is 25.0. The minimum Gasteiger partial charge on any atom is -0.351 e. The molecule has 1 atom stereocenters. The van der Waals surface area contributed by atoms with Crippen molar-refractivity contribution in [1.29, 1.82) is 0 Å². The highest BCUT2D eigenvalue weighted by Gasteiger charge is 2.41. The first-order valence-corrected chi connectivity index (χ1v) is 11.8. The number of benzene rings is 2. The summed E-state index contributed by atoms with van der Waals surface area (Å²) in [5.41, 5.74) is 3.89. The van der Waals surface area contributed by atoms with Crippen LogP contribution in [0.25, 0.3) is 0 Å². The van der Waals surface area contributed by atoms with Gasteiger partial charge in [0.25, 0.3) is 11.8 Å². The lowest BCUT2D eigenvalue weighted by Gasteiger charge is -2.29. The van der Waals surface area contributed by atoms with Gasteiger partial charge >= 0.3 is 6.03 Å². The van der Waals surface area contributed by atoms with Gasteiger partial charge in [-0.05, 0) is 54.7 Å². The summed E-state index contributed by atoms with van der Waals surface area (Å²) in [6.45, 7) is 6.24. The van der Waals surface area contributed by atoms with Crippen molar-refractivity contribution < 1.29 is 19.2 Å². The van der Waals surface area contributed by atoms with Crippen LogP contribution in [0.4, 0.5) is 10.5 Å². The molecule has 0 aliphatic carbocycles. The fourth-order valence-electron chi connectivity index (χ4n) is 4.04. The molecule has 0 spiro atoms. The Morgan fingerprint density at radius 3 is 2.53 bits per heavy atom. The Bertz CT molecular complexity index is 1290. The summed E-state index contributed by atoms with van der Waals surface area (Å²) in [5, 5.41) is 11.8. The number of anilines is 1. The number of imide groups is 1. The van der Waals surface area contributed by atoms with Crippen LogP contribution >= 0.6 is 11.6 Å². The van der Waals surface area contributed by atoms with Crippen LogP contribution in [0, 0.1) is 6.92 Å². The van der Waals surface area contributed by atoms with Crippen LogP contribution in [-0.2, 0) is 27.5 Å². The lowest BCUT2D eigenvalue weighted by atomic mass is 10.0. The zero-order chi connectivity index (χ0) is 25.8. The first-order chi connectivity index (χ1) is 17.2. The van der Waals surface area contributed by atoms with Crippen molar-refractivity contribution in [3.63, 3.8) is 0 Å². The number of hydrogen-bond donors (Lipinski definition) is 4. The van der Waals surface area contributed by atoms with E-state index >= 15 is 0 Å². The van der Waals surface area contributed by atoms with Crippen LogP contribution in [0.3, 0.4) is 0 Å². The molecule has 186 valence electrons. The number of allylic oxidation sites excluding steroid dienone is 1. The van der Waals surface area contributed by atoms with E-state index in [-0.39, 0.29) is 18.3 Å². The average Bonchev–Trinajstić information content (AvgIpc) is 3.11. The van der Waals surface area contributed by atoms with E-state index in [4.69, 9.17) is 11.6 Å². The third-order valence-corrected chi connectivity index (χ3v) is 6.35. The highest BCUT2D eigenvalue weighted by Crippen LogP contribution is 2.24. The van der Waals surface area contributed by atoms with Gasteiger partial charge in [0.2, 0.25) is 5.91 Å². The largest absolute Gasteiger partial charge is 0.351 e. The van der Waals surface area contributed by atoms with Crippen LogP contribution < -0.4 is 21.3 Å². The van der Waals surface area contributed by atoms with Crippen molar-refractivity contribution >= 4 is 41.0 Å². The van der Waals surface area contributed by atoms with Crippen molar-refractivity contribution in [3.05, 3.63) is 88.2 Å². The molecule has 5 amide bonds. The monoisotopic (exact) mass is 507 g/mol. The maximum absolute atomic E-state index is 12.9. The molecule has 0 aromatic heterocycles. The van der Waals surface area contributed by atoms with E-state index in [2.05, 4.69) is 27.8 Å². The number of rotatable bonds is 7. The van der Waals surface area contributed by atoms with Gasteiger partial charge in [0.05, 0.1) is 0 Å². The lowest BCUT2D eigenvalue weighted by Crippen LogP contribution is -2.52. The van der Waals surface area contributed by atoms with Gasteiger partial charge < -0.3 is 21.3 Å². The lowest BCUT2D eigenvalue weighted by molar-refractivity contribution is -0.146. The molecule has 2 heterocycles. The minimum atomic E-state index is -0.864. The van der Waals surface area contributed by atoms with Gasteiger partial charge in [-0.15, -0.1) is 0 Å². The SMILES string of the molecule is C=C1CCC(N2C(=O)C=C(Nc3cccc(CNC(=O)NCc4ccc(Cl)c(C)c4)c3)C2=O)C(=O)N1. The van der Waals surface area contributed by atoms with Crippen LogP contribution in [-0.4, -0.2) is 34.7 Å². The molecule has 10 heteroatoms. The van der Waals surface area contributed by atoms with E-state index in [0.717, 1.165) is 21.6 Å². The number of aryl methyl sites for hydroxylation is 1. The zero-order valence-corrected chi connectivity index (χ0v) is 20.4. The van der Waals surface area contributed by atoms with Gasteiger partial charge in [0.1, 0.15) is 11.7 Å². The Balaban J connectivity index is 1.31. The number of nitrogens with one attached hydrogen (secondary N) is 4. The third kappa shape index (κ3) is 5.75. The summed E-state index contributed by atoms with van der Waals surface area (Å²) >= 11 is 6.03. The fraction of sp³-hybridized carbons (Fsp3) is 0.231. The molecular formula is C26H26ClN5O4. The molecule has 2 aliphatic heterocycles. The number of halogens is 1. The number of hydrogen-bond acceptors (Lipinski definition) is 5. The van der Waals surface area contributed by atoms with Crippen molar-refractivity contribution in [2.45, 2.75) is 38.9 Å². The maximum Gasteiger partial charge on any atom is 0.315 e. The standard InChI is InChI=1S/C26H26ClN5O4/c1-15-10-18(7-8-20(15)27)14-29-26(36)28-13-17-4-3-5-19(11-17)31-21-12-23(33)32(25(21)35)22-9-6-16(2)30-24(22)34/h3-5,7-8,10-12,22,31H,2,6,9,13-14H2,1H3,(H,30,34)(H2,28,29,36). The number of carbonyl (C=O) groups is 4. The Hall–Kier alpha value is -4.11. The van der Waals surface area contributed by atoms with Gasteiger partial charge in [0, 0.05) is 35.6 Å². The molecule has 1 fully saturated rings. The van der Waals surface area contributed by atoms with E-state index in [9.17, 15) is 19.2 Å². The van der Waals surface area contributed by atoms with Gasteiger partial charge in [-0.1, -0.05) is 42.4 Å². The molecule has 4 rings (SSSR count). The second kappa shape index (κ2) is 10.7. The van der Waals surface area contributed by atoms with Gasteiger partial charge in [0.15, 0.2) is 0 Å². The van der Waals surface area contributed by atoms with E-state index in [1.807, 2.05) is 25.1 Å². The second-order valence-corrected chi connectivity index (χ2v) is 9.07. The third-order valence-electron chi connectivity index (χ3n) is 5.92. The average molecular weight is 508 g/mol. The summed E-state index contributed by atoms with van der Waals surface area (Å²) in [6.07, 6.45) is 2.03. The van der Waals surface area contributed by atoms with Crippen molar-refractivity contribution in [2.24, 2.45) is 0 Å². The topological polar surface area (TPSA) is 120 Å². The normalized spacial score (nSPS) is 17.6. The molecule has 1 saturated heterocycles. The summed E-state index contributed by atoms with van der Waals surface area (Å²) < 4.78 is 0.